The quantitative estimate of drug-likeness (QED) is 0.0172. The molecule has 0 aliphatic carbocycles. The van der Waals surface area contributed by atoms with Crippen molar-refractivity contribution in [3.8, 4) is 0 Å². The van der Waals surface area contributed by atoms with Gasteiger partial charge in [-0.2, -0.15) is 0 Å². The topological polar surface area (TPSA) is 231 Å². The number of rotatable bonds is 43. The highest BCUT2D eigenvalue weighted by molar-refractivity contribution is 5.70. The largest absolute Gasteiger partial charge is 0.462 e. The molecule has 0 amide bonds. The third-order valence-corrected chi connectivity index (χ3v) is 13.2. The van der Waals surface area contributed by atoms with E-state index in [0.29, 0.717) is 12.8 Å². The zero-order valence-corrected chi connectivity index (χ0v) is 43.7. The first kappa shape index (κ1) is 64.6. The lowest BCUT2D eigenvalue weighted by Crippen LogP contribution is -2.61. The number of hydrogen-bond donors (Lipinski definition) is 7. The first-order chi connectivity index (χ1) is 34.5. The number of carbonyl (C=O) groups is 2. The van der Waals surface area contributed by atoms with Crippen LogP contribution < -0.4 is 0 Å². The van der Waals surface area contributed by atoms with Crippen LogP contribution in [0.2, 0.25) is 0 Å². The maximum absolute atomic E-state index is 13.0. The molecule has 15 nitrogen and oxygen atoms in total. The summed E-state index contributed by atoms with van der Waals surface area (Å²) >= 11 is 0. The van der Waals surface area contributed by atoms with Crippen molar-refractivity contribution >= 4 is 11.9 Å². The van der Waals surface area contributed by atoms with Gasteiger partial charge in [0.15, 0.2) is 18.7 Å². The van der Waals surface area contributed by atoms with Crippen molar-refractivity contribution < 1.29 is 73.8 Å². The molecule has 15 heteroatoms. The summed E-state index contributed by atoms with van der Waals surface area (Å²) in [5.41, 5.74) is 0. The molecule has 2 rings (SSSR count). The second-order valence-electron chi connectivity index (χ2n) is 19.5. The van der Waals surface area contributed by atoms with Crippen LogP contribution in [-0.2, 0) is 38.0 Å². The molecule has 0 aromatic heterocycles. The van der Waals surface area contributed by atoms with E-state index in [4.69, 9.17) is 28.4 Å². The molecule has 2 saturated heterocycles. The smallest absolute Gasteiger partial charge is 0.306 e. The van der Waals surface area contributed by atoms with E-state index in [-0.39, 0.29) is 26.1 Å². The molecule has 2 aliphatic heterocycles. The molecule has 11 atom stereocenters. The molecule has 71 heavy (non-hydrogen) atoms. The van der Waals surface area contributed by atoms with E-state index in [1.54, 1.807) is 0 Å². The molecule has 7 N–H and O–H groups in total. The minimum Gasteiger partial charge on any atom is -0.462 e. The van der Waals surface area contributed by atoms with Gasteiger partial charge in [-0.3, -0.25) is 9.59 Å². The molecular weight excluding hydrogens is 913 g/mol. The highest BCUT2D eigenvalue weighted by Crippen LogP contribution is 2.27. The summed E-state index contributed by atoms with van der Waals surface area (Å²) < 4.78 is 33.6. The van der Waals surface area contributed by atoms with E-state index < -0.39 is 92.7 Å². The van der Waals surface area contributed by atoms with Crippen molar-refractivity contribution in [2.45, 2.75) is 268 Å². The van der Waals surface area contributed by atoms with Crippen LogP contribution in [0, 0.1) is 0 Å². The van der Waals surface area contributed by atoms with E-state index >= 15 is 0 Å². The summed E-state index contributed by atoms with van der Waals surface area (Å²) in [6.45, 7) is 2.45. The average molecular weight is 1010 g/mol. The predicted molar refractivity (Wildman–Crippen MR) is 275 cm³/mol. The van der Waals surface area contributed by atoms with Gasteiger partial charge < -0.3 is 64.2 Å². The van der Waals surface area contributed by atoms with Gasteiger partial charge in [-0.15, -0.1) is 0 Å². The maximum atomic E-state index is 13.0. The number of unbranched alkanes of at least 4 members (excludes halogenated alkanes) is 24. The van der Waals surface area contributed by atoms with Crippen molar-refractivity contribution in [3.05, 3.63) is 48.6 Å². The molecule has 4 unspecified atom stereocenters. The van der Waals surface area contributed by atoms with Gasteiger partial charge >= 0.3 is 11.9 Å². The van der Waals surface area contributed by atoms with Crippen LogP contribution in [0.5, 0.6) is 0 Å². The molecule has 2 fully saturated rings. The van der Waals surface area contributed by atoms with Crippen molar-refractivity contribution in [2.75, 3.05) is 26.4 Å². The van der Waals surface area contributed by atoms with Gasteiger partial charge in [0.25, 0.3) is 0 Å². The number of aliphatic hydroxyl groups is 7. The molecular formula is C56H98O15. The third-order valence-electron chi connectivity index (χ3n) is 13.2. The van der Waals surface area contributed by atoms with Crippen molar-refractivity contribution in [2.24, 2.45) is 0 Å². The predicted octanol–water partition coefficient (Wildman–Crippen LogP) is 8.66. The Morgan fingerprint density at radius 2 is 0.887 bits per heavy atom. The number of carbonyl (C=O) groups excluding carboxylic acids is 2. The van der Waals surface area contributed by atoms with Gasteiger partial charge in [0.2, 0.25) is 0 Å². The van der Waals surface area contributed by atoms with Crippen molar-refractivity contribution in [1.82, 2.24) is 0 Å². The average Bonchev–Trinajstić information content (AvgIpc) is 3.36. The Morgan fingerprint density at radius 3 is 1.39 bits per heavy atom. The van der Waals surface area contributed by atoms with Crippen LogP contribution in [0.1, 0.15) is 200 Å². The first-order valence-electron chi connectivity index (χ1n) is 27.8. The van der Waals surface area contributed by atoms with E-state index in [1.807, 2.05) is 36.5 Å². The van der Waals surface area contributed by atoms with Gasteiger partial charge in [0.05, 0.1) is 19.8 Å². The van der Waals surface area contributed by atoms with Crippen LogP contribution in [0.3, 0.4) is 0 Å². The number of allylic oxidation sites excluding steroid dienone is 8. The molecule has 0 aromatic carbocycles. The zero-order valence-electron chi connectivity index (χ0n) is 43.7. The SMILES string of the molecule is CC/C=C/C=C/C=C/C=C/CCCCCCCC(=O)OC[C@H](CO[C@H]1O[C@@H](CO[C@H]2O[C@@H](CO)[C@@H](O)C(O)C2O)[C@@H](O)C(O)C1O)OC(=O)CCCCCCCCCCCCCCCCCCCCCC. The van der Waals surface area contributed by atoms with Crippen LogP contribution in [0.25, 0.3) is 0 Å². The lowest BCUT2D eigenvalue weighted by Gasteiger charge is -2.42. The molecule has 2 heterocycles. The molecule has 0 aromatic rings. The van der Waals surface area contributed by atoms with Gasteiger partial charge in [0, 0.05) is 12.8 Å². The minimum atomic E-state index is -1.77. The Balaban J connectivity index is 1.77. The summed E-state index contributed by atoms with van der Waals surface area (Å²) in [5.74, 6) is -0.946. The van der Waals surface area contributed by atoms with Crippen LogP contribution >= 0.6 is 0 Å². The highest BCUT2D eigenvalue weighted by Gasteiger charge is 2.47. The highest BCUT2D eigenvalue weighted by atomic mass is 16.7. The summed E-state index contributed by atoms with van der Waals surface area (Å²) in [6.07, 6.45) is 31.3. The monoisotopic (exact) mass is 1010 g/mol. The van der Waals surface area contributed by atoms with Gasteiger partial charge in [-0.1, -0.05) is 204 Å². The number of ether oxygens (including phenoxy) is 6. The second kappa shape index (κ2) is 42.8. The lowest BCUT2D eigenvalue weighted by molar-refractivity contribution is -0.332. The third kappa shape index (κ3) is 30.4. The molecule has 0 saturated carbocycles. The first-order valence-corrected chi connectivity index (χ1v) is 27.8. The summed E-state index contributed by atoms with van der Waals surface area (Å²) in [5, 5.41) is 72.2. The molecule has 412 valence electrons. The fraction of sp³-hybridized carbons (Fsp3) is 0.821. The van der Waals surface area contributed by atoms with Crippen LogP contribution in [-0.4, -0.2) is 142 Å². The molecule has 2 aliphatic rings. The Hall–Kier alpha value is -2.54. The molecule has 0 spiro atoms. The Morgan fingerprint density at radius 1 is 0.465 bits per heavy atom. The fourth-order valence-electron chi connectivity index (χ4n) is 8.64. The van der Waals surface area contributed by atoms with Gasteiger partial charge in [-0.05, 0) is 32.1 Å². The Labute approximate surface area is 427 Å². The number of hydrogen-bond acceptors (Lipinski definition) is 15. The number of aliphatic hydroxyl groups excluding tert-OH is 7. The lowest BCUT2D eigenvalue weighted by atomic mass is 9.98. The fourth-order valence-corrected chi connectivity index (χ4v) is 8.64. The summed E-state index contributed by atoms with van der Waals surface area (Å²) in [7, 11) is 0. The molecule has 0 radical (unpaired) electrons. The maximum Gasteiger partial charge on any atom is 0.306 e. The van der Waals surface area contributed by atoms with E-state index in [0.717, 1.165) is 57.8 Å². The summed E-state index contributed by atoms with van der Waals surface area (Å²) in [4.78, 5) is 25.8. The van der Waals surface area contributed by atoms with Gasteiger partial charge in [-0.25, -0.2) is 0 Å². The summed E-state index contributed by atoms with van der Waals surface area (Å²) in [6, 6.07) is 0. The molecule has 0 bridgehead atoms. The standard InChI is InChI=1S/C56H98O15/c1-3-5-7-9-11-13-15-17-19-20-21-22-23-25-27-29-31-33-35-37-39-48(59)69-44(41-66-47(58)38-36-34-32-30-28-26-24-18-16-14-12-10-8-6-4-2)42-67-55-54(65)52(63)50(61)46(71-55)43-68-56-53(64)51(62)49(60)45(40-57)70-56/h6,8,10,12,14,16,18,24,44-46,49-57,60-65H,3-5,7,9,11,13,15,17,19-23,25-43H2,1-2H3/b8-6+,12-10+,16-14+,24-18+/t44-,45+,46+,49-,50-,51?,52?,53?,54?,55+,56+/m1/s1. The number of esters is 2. The Bertz CT molecular complexity index is 1420. The van der Waals surface area contributed by atoms with Crippen molar-refractivity contribution in [1.29, 1.82) is 0 Å². The van der Waals surface area contributed by atoms with E-state index in [1.165, 1.54) is 103 Å². The second-order valence-corrected chi connectivity index (χ2v) is 19.5. The van der Waals surface area contributed by atoms with Crippen LogP contribution in [0.15, 0.2) is 48.6 Å². The van der Waals surface area contributed by atoms with E-state index in [9.17, 15) is 45.3 Å². The van der Waals surface area contributed by atoms with Crippen LogP contribution in [0.4, 0.5) is 0 Å². The Kier molecular flexibility index (Phi) is 38.9. The van der Waals surface area contributed by atoms with Gasteiger partial charge in [0.1, 0.15) is 55.4 Å². The minimum absolute atomic E-state index is 0.162. The van der Waals surface area contributed by atoms with E-state index in [2.05, 4.69) is 26.0 Å². The zero-order chi connectivity index (χ0) is 51.7. The van der Waals surface area contributed by atoms with Crippen molar-refractivity contribution in [3.63, 3.8) is 0 Å². The normalized spacial score (nSPS) is 25.5.